The van der Waals surface area contributed by atoms with Gasteiger partial charge in [-0.15, -0.1) is 0 Å². The summed E-state index contributed by atoms with van der Waals surface area (Å²) >= 11 is 0. The second kappa shape index (κ2) is 8.31. The van der Waals surface area contributed by atoms with Crippen LogP contribution in [0, 0.1) is 0 Å². The Morgan fingerprint density at radius 1 is 0.900 bits per heavy atom. The van der Waals surface area contributed by atoms with Crippen molar-refractivity contribution in [2.24, 2.45) is 0 Å². The van der Waals surface area contributed by atoms with Gasteiger partial charge in [0.25, 0.3) is 0 Å². The third-order valence-corrected chi connectivity index (χ3v) is 2.93. The highest BCUT2D eigenvalue weighted by Gasteiger charge is 1.99. The van der Waals surface area contributed by atoms with Crippen LogP contribution in [0.2, 0.25) is 0 Å². The average Bonchev–Trinajstić information content (AvgIpc) is 2.40. The Morgan fingerprint density at radius 2 is 1.40 bits per heavy atom. The summed E-state index contributed by atoms with van der Waals surface area (Å²) in [6.07, 6.45) is 10.6. The van der Waals surface area contributed by atoms with E-state index in [0.717, 1.165) is 24.7 Å². The van der Waals surface area contributed by atoms with Gasteiger partial charge in [-0.25, -0.2) is 0 Å². The summed E-state index contributed by atoms with van der Waals surface area (Å²) in [6, 6.07) is 6.54. The van der Waals surface area contributed by atoms with Gasteiger partial charge < -0.3 is 0 Å². The first kappa shape index (κ1) is 16.2. The number of carbonyl (C=O) groups is 1. The number of rotatable bonds is 6. The molecule has 0 saturated carbocycles. The van der Waals surface area contributed by atoms with E-state index in [4.69, 9.17) is 0 Å². The summed E-state index contributed by atoms with van der Waals surface area (Å²) in [4.78, 5) is 10.5. The van der Waals surface area contributed by atoms with Gasteiger partial charge in [-0.3, -0.25) is 4.79 Å². The smallest absolute Gasteiger partial charge is 0.142 e. The monoisotopic (exact) mass is 268 g/mol. The lowest BCUT2D eigenvalue weighted by molar-refractivity contribution is -0.104. The minimum atomic E-state index is 0.818. The van der Waals surface area contributed by atoms with Crippen LogP contribution in [0.25, 0.3) is 6.08 Å². The van der Waals surface area contributed by atoms with E-state index in [-0.39, 0.29) is 0 Å². The molecule has 1 rings (SSSR count). The van der Waals surface area contributed by atoms with Crippen LogP contribution < -0.4 is 0 Å². The zero-order valence-corrected chi connectivity index (χ0v) is 12.9. The van der Waals surface area contributed by atoms with E-state index in [1.54, 1.807) is 6.08 Å². The standard InChI is InChI=1S/C19H24O/c1-15(2)7-9-18-12-17(6-5-11-20)13-19(14-18)10-8-16(3)4/h5-8,11-14H,9-10H2,1-4H3/b6-5+. The highest BCUT2D eigenvalue weighted by molar-refractivity contribution is 5.74. The Bertz CT molecular complexity index is 499. The normalized spacial score (nSPS) is 10.4. The lowest BCUT2D eigenvalue weighted by atomic mass is 10.00. The molecule has 20 heavy (non-hydrogen) atoms. The average molecular weight is 268 g/mol. The summed E-state index contributed by atoms with van der Waals surface area (Å²) in [5.41, 5.74) is 6.32. The van der Waals surface area contributed by atoms with Crippen LogP contribution in [0.3, 0.4) is 0 Å². The predicted molar refractivity (Wildman–Crippen MR) is 87.8 cm³/mol. The molecule has 0 bridgehead atoms. The largest absolute Gasteiger partial charge is 0.299 e. The van der Waals surface area contributed by atoms with Gasteiger partial charge in [0.05, 0.1) is 0 Å². The molecule has 1 aromatic carbocycles. The number of hydrogen-bond donors (Lipinski definition) is 0. The number of carbonyl (C=O) groups excluding carboxylic acids is 1. The van der Waals surface area contributed by atoms with Gasteiger partial charge in [0, 0.05) is 0 Å². The maximum atomic E-state index is 10.5. The lowest BCUT2D eigenvalue weighted by Gasteiger charge is -2.06. The van der Waals surface area contributed by atoms with Crippen molar-refractivity contribution in [3.05, 3.63) is 64.3 Å². The van der Waals surface area contributed by atoms with Crippen LogP contribution in [0.1, 0.15) is 44.4 Å². The molecular weight excluding hydrogens is 244 g/mol. The zero-order valence-electron chi connectivity index (χ0n) is 12.9. The van der Waals surface area contributed by atoms with Gasteiger partial charge in [0.15, 0.2) is 0 Å². The fraction of sp³-hybridized carbons (Fsp3) is 0.316. The molecule has 0 unspecified atom stereocenters. The summed E-state index contributed by atoms with van der Waals surface area (Å²) < 4.78 is 0. The Kier molecular flexibility index (Phi) is 6.72. The predicted octanol–water partition coefficient (Wildman–Crippen LogP) is 4.92. The third kappa shape index (κ3) is 6.33. The third-order valence-electron chi connectivity index (χ3n) is 2.93. The molecular formula is C19H24O. The topological polar surface area (TPSA) is 17.1 Å². The Balaban J connectivity index is 3.06. The first-order chi connectivity index (χ1) is 9.51. The fourth-order valence-electron chi connectivity index (χ4n) is 1.92. The molecule has 0 fully saturated rings. The van der Waals surface area contributed by atoms with Gasteiger partial charge in [-0.05, 0) is 63.3 Å². The minimum absolute atomic E-state index is 0.818. The molecule has 1 aromatic rings. The van der Waals surface area contributed by atoms with Crippen molar-refractivity contribution < 1.29 is 4.79 Å². The van der Waals surface area contributed by atoms with Crippen molar-refractivity contribution >= 4 is 12.4 Å². The molecule has 0 aliphatic rings. The molecule has 0 aliphatic carbocycles. The molecule has 0 aliphatic heterocycles. The quantitative estimate of drug-likeness (QED) is 0.407. The van der Waals surface area contributed by atoms with Gasteiger partial charge >= 0.3 is 0 Å². The lowest BCUT2D eigenvalue weighted by Crippen LogP contribution is -1.90. The Labute approximate surface area is 122 Å². The van der Waals surface area contributed by atoms with Gasteiger partial charge in [-0.1, -0.05) is 47.6 Å². The van der Waals surface area contributed by atoms with Crippen molar-refractivity contribution in [2.45, 2.75) is 40.5 Å². The molecule has 0 saturated heterocycles. The van der Waals surface area contributed by atoms with Crippen molar-refractivity contribution in [3.63, 3.8) is 0 Å². The molecule has 0 atom stereocenters. The van der Waals surface area contributed by atoms with E-state index >= 15 is 0 Å². The zero-order chi connectivity index (χ0) is 15.0. The van der Waals surface area contributed by atoms with E-state index in [1.165, 1.54) is 22.3 Å². The van der Waals surface area contributed by atoms with E-state index in [9.17, 15) is 4.79 Å². The molecule has 0 N–H and O–H groups in total. The second-order valence-corrected chi connectivity index (χ2v) is 5.55. The maximum absolute atomic E-state index is 10.5. The molecule has 0 aromatic heterocycles. The van der Waals surface area contributed by atoms with Crippen LogP contribution in [-0.2, 0) is 17.6 Å². The number of benzene rings is 1. The fourth-order valence-corrected chi connectivity index (χ4v) is 1.92. The highest BCUT2D eigenvalue weighted by atomic mass is 16.1. The first-order valence-electron chi connectivity index (χ1n) is 7.02. The number of aldehydes is 1. The van der Waals surface area contributed by atoms with E-state index in [1.807, 2.05) is 6.08 Å². The molecule has 1 nitrogen and oxygen atoms in total. The second-order valence-electron chi connectivity index (χ2n) is 5.55. The summed E-state index contributed by atoms with van der Waals surface area (Å²) in [5.74, 6) is 0. The molecule has 106 valence electrons. The van der Waals surface area contributed by atoms with Crippen molar-refractivity contribution in [2.75, 3.05) is 0 Å². The SMILES string of the molecule is CC(C)=CCc1cc(/C=C/C=O)cc(CC=C(C)C)c1. The van der Waals surface area contributed by atoms with Gasteiger partial charge in [0.1, 0.15) is 6.29 Å². The van der Waals surface area contributed by atoms with Crippen LogP contribution >= 0.6 is 0 Å². The van der Waals surface area contributed by atoms with E-state index in [2.05, 4.69) is 58.0 Å². The van der Waals surface area contributed by atoms with Gasteiger partial charge in [0.2, 0.25) is 0 Å². The van der Waals surface area contributed by atoms with Gasteiger partial charge in [-0.2, -0.15) is 0 Å². The summed E-state index contributed by atoms with van der Waals surface area (Å²) in [5, 5.41) is 0. The molecule has 0 spiro atoms. The summed E-state index contributed by atoms with van der Waals surface area (Å²) in [6.45, 7) is 8.45. The molecule has 0 radical (unpaired) electrons. The molecule has 1 heteroatoms. The van der Waals surface area contributed by atoms with E-state index < -0.39 is 0 Å². The Morgan fingerprint density at radius 3 is 1.80 bits per heavy atom. The molecule has 0 amide bonds. The Hall–Kier alpha value is -1.89. The summed E-state index contributed by atoms with van der Waals surface area (Å²) in [7, 11) is 0. The van der Waals surface area contributed by atoms with Crippen LogP contribution in [0.4, 0.5) is 0 Å². The van der Waals surface area contributed by atoms with Crippen LogP contribution in [0.15, 0.2) is 47.6 Å². The van der Waals surface area contributed by atoms with Crippen LogP contribution in [0.5, 0.6) is 0 Å². The minimum Gasteiger partial charge on any atom is -0.299 e. The van der Waals surface area contributed by atoms with Crippen molar-refractivity contribution in [1.29, 1.82) is 0 Å². The van der Waals surface area contributed by atoms with Crippen LogP contribution in [-0.4, -0.2) is 6.29 Å². The number of allylic oxidation sites excluding steroid dienone is 5. The molecule has 0 heterocycles. The van der Waals surface area contributed by atoms with Crippen molar-refractivity contribution in [3.8, 4) is 0 Å². The number of hydrogen-bond acceptors (Lipinski definition) is 1. The maximum Gasteiger partial charge on any atom is 0.142 e. The highest BCUT2D eigenvalue weighted by Crippen LogP contribution is 2.15. The van der Waals surface area contributed by atoms with Crippen molar-refractivity contribution in [1.82, 2.24) is 0 Å². The van der Waals surface area contributed by atoms with E-state index in [0.29, 0.717) is 0 Å². The first-order valence-corrected chi connectivity index (χ1v) is 7.02.